The second-order valence-electron chi connectivity index (χ2n) is 6.98. The summed E-state index contributed by atoms with van der Waals surface area (Å²) in [5.41, 5.74) is 1.52. The molecule has 4 aliphatic rings. The first-order valence-corrected chi connectivity index (χ1v) is 8.45. The molecule has 24 heavy (non-hydrogen) atoms. The number of ether oxygens (including phenoxy) is 1. The molecule has 4 fully saturated rings. The topological polar surface area (TPSA) is 58.8 Å². The first-order valence-electron chi connectivity index (χ1n) is 8.45. The quantitative estimate of drug-likeness (QED) is 0.850. The van der Waals surface area contributed by atoms with Gasteiger partial charge in [-0.1, -0.05) is 6.07 Å². The molecule has 2 aromatic rings. The van der Waals surface area contributed by atoms with Crippen molar-refractivity contribution in [1.29, 1.82) is 0 Å². The summed E-state index contributed by atoms with van der Waals surface area (Å²) in [6.07, 6.45) is 7.11. The first kappa shape index (κ1) is 14.0. The largest absolute Gasteiger partial charge is 0.448 e. The summed E-state index contributed by atoms with van der Waals surface area (Å²) in [6.45, 7) is 3.66. The van der Waals surface area contributed by atoms with E-state index in [2.05, 4.69) is 9.88 Å². The maximum atomic E-state index is 12.5. The van der Waals surface area contributed by atoms with Crippen LogP contribution in [0.5, 0.6) is 0 Å². The predicted molar refractivity (Wildman–Crippen MR) is 87.7 cm³/mol. The molecule has 2 bridgehead atoms. The van der Waals surface area contributed by atoms with Gasteiger partial charge < -0.3 is 9.15 Å². The van der Waals surface area contributed by atoms with Crippen LogP contribution in [0.4, 0.5) is 10.7 Å². The molecule has 0 aliphatic carbocycles. The molecule has 2 aromatic heterocycles. The molecule has 1 unspecified atom stereocenters. The Balaban J connectivity index is 1.42. The van der Waals surface area contributed by atoms with Crippen LogP contribution in [-0.2, 0) is 4.74 Å². The molecule has 0 aromatic carbocycles. The maximum Gasteiger partial charge on any atom is 0.417 e. The number of carbonyl (C=O) groups excluding carboxylic acids is 1. The zero-order chi connectivity index (χ0) is 16.1. The van der Waals surface area contributed by atoms with E-state index in [1.54, 1.807) is 23.6 Å². The van der Waals surface area contributed by atoms with Gasteiger partial charge in [-0.25, -0.2) is 9.69 Å². The number of hydrogen-bond acceptors (Lipinski definition) is 5. The Morgan fingerprint density at radius 3 is 2.79 bits per heavy atom. The minimum atomic E-state index is -0.366. The lowest BCUT2D eigenvalue weighted by Crippen LogP contribution is -2.61. The zero-order valence-corrected chi connectivity index (χ0v) is 13.4. The van der Waals surface area contributed by atoms with E-state index in [0.29, 0.717) is 18.3 Å². The second kappa shape index (κ2) is 5.08. The van der Waals surface area contributed by atoms with Crippen LogP contribution in [0.1, 0.15) is 12.8 Å². The highest BCUT2D eigenvalue weighted by Gasteiger charge is 2.56. The van der Waals surface area contributed by atoms with Crippen molar-refractivity contribution in [2.24, 2.45) is 5.92 Å². The van der Waals surface area contributed by atoms with E-state index in [0.717, 1.165) is 43.6 Å². The minimum Gasteiger partial charge on any atom is -0.448 e. The van der Waals surface area contributed by atoms with Gasteiger partial charge >= 0.3 is 6.09 Å². The number of rotatable bonds is 2. The van der Waals surface area contributed by atoms with Gasteiger partial charge in [-0.15, -0.1) is 0 Å². The standard InChI is InChI=1S/C18H19N3O3/c22-17-21(12-18(24-17)11-20-6-3-15(18)4-7-20)16-8-14(10-23-16)13-2-1-5-19-9-13/h1-2,5,8-10,15H,3-4,6-7,11-12H2. The van der Waals surface area contributed by atoms with Crippen molar-refractivity contribution in [1.82, 2.24) is 9.88 Å². The number of pyridine rings is 1. The molecule has 0 radical (unpaired) electrons. The SMILES string of the molecule is O=C1OC2(CN3CCC2CC3)CN1c1cc(-c2cccnc2)co1. The third-order valence-electron chi connectivity index (χ3n) is 5.61. The van der Waals surface area contributed by atoms with Gasteiger partial charge in [-0.05, 0) is 32.0 Å². The number of piperidine rings is 3. The Labute approximate surface area is 140 Å². The molecule has 6 heterocycles. The number of nitrogens with zero attached hydrogens (tertiary/aromatic N) is 3. The first-order chi connectivity index (χ1) is 11.7. The van der Waals surface area contributed by atoms with Gasteiger partial charge in [0.25, 0.3) is 0 Å². The lowest BCUT2D eigenvalue weighted by Gasteiger charge is -2.49. The third-order valence-corrected chi connectivity index (χ3v) is 5.61. The summed E-state index contributed by atoms with van der Waals surface area (Å²) in [5, 5.41) is 0. The van der Waals surface area contributed by atoms with E-state index in [1.807, 2.05) is 18.2 Å². The number of carbonyl (C=O) groups is 1. The number of furan rings is 1. The van der Waals surface area contributed by atoms with Gasteiger partial charge in [0.05, 0.1) is 6.54 Å². The zero-order valence-electron chi connectivity index (χ0n) is 13.4. The highest BCUT2D eigenvalue weighted by molar-refractivity contribution is 5.89. The van der Waals surface area contributed by atoms with E-state index < -0.39 is 0 Å². The Hall–Kier alpha value is -2.34. The van der Waals surface area contributed by atoms with Crippen molar-refractivity contribution < 1.29 is 13.9 Å². The molecule has 124 valence electrons. The van der Waals surface area contributed by atoms with Crippen molar-refractivity contribution in [2.75, 3.05) is 31.1 Å². The summed E-state index contributed by atoms with van der Waals surface area (Å²) in [5.74, 6) is 1.01. The van der Waals surface area contributed by atoms with Gasteiger partial charge in [0.15, 0.2) is 0 Å². The fourth-order valence-electron chi connectivity index (χ4n) is 4.33. The summed E-state index contributed by atoms with van der Waals surface area (Å²) in [7, 11) is 0. The van der Waals surface area contributed by atoms with Crippen molar-refractivity contribution >= 4 is 12.0 Å². The Kier molecular flexibility index (Phi) is 2.97. The van der Waals surface area contributed by atoms with Crippen LogP contribution in [-0.4, -0.2) is 47.8 Å². The lowest BCUT2D eigenvalue weighted by atomic mass is 9.75. The van der Waals surface area contributed by atoms with Gasteiger partial charge in [0.2, 0.25) is 5.88 Å². The molecule has 1 amide bonds. The highest BCUT2D eigenvalue weighted by Crippen LogP contribution is 2.43. The molecular formula is C18H19N3O3. The minimum absolute atomic E-state index is 0.296. The van der Waals surface area contributed by atoms with Crippen LogP contribution in [0.15, 0.2) is 41.3 Å². The van der Waals surface area contributed by atoms with E-state index in [4.69, 9.17) is 9.15 Å². The molecule has 6 heteroatoms. The van der Waals surface area contributed by atoms with Gasteiger partial charge in [-0.2, -0.15) is 0 Å². The highest BCUT2D eigenvalue weighted by atomic mass is 16.6. The van der Waals surface area contributed by atoms with Gasteiger partial charge in [0.1, 0.15) is 11.9 Å². The van der Waals surface area contributed by atoms with Crippen LogP contribution in [0.3, 0.4) is 0 Å². The predicted octanol–water partition coefficient (Wildman–Crippen LogP) is 2.76. The second-order valence-corrected chi connectivity index (χ2v) is 6.98. The monoisotopic (exact) mass is 325 g/mol. The van der Waals surface area contributed by atoms with Crippen LogP contribution < -0.4 is 4.90 Å². The Bertz CT molecular complexity index is 767. The molecule has 0 saturated carbocycles. The smallest absolute Gasteiger partial charge is 0.417 e. The van der Waals surface area contributed by atoms with Crippen molar-refractivity contribution in [3.8, 4) is 11.1 Å². The van der Waals surface area contributed by atoms with E-state index in [-0.39, 0.29) is 11.7 Å². The Morgan fingerprint density at radius 2 is 2.08 bits per heavy atom. The van der Waals surface area contributed by atoms with Crippen LogP contribution in [0.2, 0.25) is 0 Å². The summed E-state index contributed by atoms with van der Waals surface area (Å²) in [4.78, 5) is 20.7. The van der Waals surface area contributed by atoms with E-state index >= 15 is 0 Å². The molecule has 1 spiro atoms. The maximum absolute atomic E-state index is 12.5. The average molecular weight is 325 g/mol. The van der Waals surface area contributed by atoms with Crippen LogP contribution in [0.25, 0.3) is 11.1 Å². The normalized spacial score (nSPS) is 31.7. The van der Waals surface area contributed by atoms with Gasteiger partial charge in [0, 0.05) is 42.0 Å². The van der Waals surface area contributed by atoms with Crippen molar-refractivity contribution in [3.05, 3.63) is 36.9 Å². The molecule has 6 nitrogen and oxygen atoms in total. The molecule has 0 N–H and O–H groups in total. The lowest BCUT2D eigenvalue weighted by molar-refractivity contribution is -0.0881. The summed E-state index contributed by atoms with van der Waals surface area (Å²) >= 11 is 0. The van der Waals surface area contributed by atoms with Crippen molar-refractivity contribution in [3.63, 3.8) is 0 Å². The summed E-state index contributed by atoms with van der Waals surface area (Å²) in [6, 6.07) is 5.74. The fraction of sp³-hybridized carbons (Fsp3) is 0.444. The fourth-order valence-corrected chi connectivity index (χ4v) is 4.33. The van der Waals surface area contributed by atoms with Gasteiger partial charge in [-0.3, -0.25) is 9.88 Å². The average Bonchev–Trinajstić information content (AvgIpc) is 3.22. The number of aromatic nitrogens is 1. The van der Waals surface area contributed by atoms with E-state index in [1.165, 1.54) is 0 Å². The number of hydrogen-bond donors (Lipinski definition) is 0. The van der Waals surface area contributed by atoms with Crippen molar-refractivity contribution in [2.45, 2.75) is 18.4 Å². The summed E-state index contributed by atoms with van der Waals surface area (Å²) < 4.78 is 11.5. The molecule has 4 aliphatic heterocycles. The molecule has 6 rings (SSSR count). The Morgan fingerprint density at radius 1 is 1.21 bits per heavy atom. The number of amides is 1. The molecule has 4 saturated heterocycles. The van der Waals surface area contributed by atoms with Crippen LogP contribution >= 0.6 is 0 Å². The molecular weight excluding hydrogens is 306 g/mol. The van der Waals surface area contributed by atoms with E-state index in [9.17, 15) is 4.79 Å². The number of anilines is 1. The number of fused-ring (bicyclic) bond motifs is 2. The third kappa shape index (κ3) is 2.06. The molecule has 1 atom stereocenters. The van der Waals surface area contributed by atoms with Crippen LogP contribution in [0, 0.1) is 5.92 Å².